The minimum absolute atomic E-state index is 0.0450. The number of rotatable bonds is 6. The summed E-state index contributed by atoms with van der Waals surface area (Å²) in [7, 11) is 0. The van der Waals surface area contributed by atoms with Crippen LogP contribution in [0.3, 0.4) is 0 Å². The maximum Gasteiger partial charge on any atom is 0.312 e. The highest BCUT2D eigenvalue weighted by Crippen LogP contribution is 2.49. The normalized spacial score (nSPS) is 32.3. The van der Waals surface area contributed by atoms with Gasteiger partial charge in [0.05, 0.1) is 36.5 Å². The molecule has 0 spiro atoms. The summed E-state index contributed by atoms with van der Waals surface area (Å²) in [5.74, 6) is -0.902. The average Bonchev–Trinajstić information content (AvgIpc) is 3.17. The molecule has 0 aromatic rings. The van der Waals surface area contributed by atoms with Crippen LogP contribution >= 0.6 is 0 Å². The molecule has 2 rings (SSSR count). The van der Waals surface area contributed by atoms with E-state index in [1.165, 1.54) is 0 Å². The molecule has 1 saturated carbocycles. The first-order valence-corrected chi connectivity index (χ1v) is 9.68. The van der Waals surface area contributed by atoms with E-state index in [9.17, 15) is 4.79 Å². The molecule has 0 radical (unpaired) electrons. The molecule has 25 heavy (non-hydrogen) atoms. The van der Waals surface area contributed by atoms with Crippen LogP contribution in [0.1, 0.15) is 48.5 Å². The second-order valence-electron chi connectivity index (χ2n) is 8.61. The molecule has 2 unspecified atom stereocenters. The SMILES string of the molecule is CCOC(=O)C1C2C(=N)[C@H](O[SH+]C(C)(C)C)[C@@H](COC(C)(C)C)O[C@@H]21. The largest absolute Gasteiger partial charge is 0.466 e. The summed E-state index contributed by atoms with van der Waals surface area (Å²) in [6.45, 7) is 14.6. The lowest BCUT2D eigenvalue weighted by Gasteiger charge is -2.31. The number of carbonyl (C=O) groups excluding carboxylic acids is 1. The molecule has 144 valence electrons. The molecule has 5 atom stereocenters. The number of ether oxygens (including phenoxy) is 3. The van der Waals surface area contributed by atoms with Crippen molar-refractivity contribution >= 4 is 23.7 Å². The highest BCUT2D eigenvalue weighted by molar-refractivity contribution is 7.75. The topological polar surface area (TPSA) is 77.8 Å². The average molecular weight is 375 g/mol. The molecule has 0 bridgehead atoms. The van der Waals surface area contributed by atoms with Gasteiger partial charge in [-0.2, -0.15) is 4.18 Å². The summed E-state index contributed by atoms with van der Waals surface area (Å²) in [6, 6.07) is 0. The van der Waals surface area contributed by atoms with E-state index in [2.05, 4.69) is 20.8 Å². The third-order valence-electron chi connectivity index (χ3n) is 3.97. The van der Waals surface area contributed by atoms with Gasteiger partial charge in [-0.15, -0.1) is 0 Å². The van der Waals surface area contributed by atoms with Crippen LogP contribution in [0, 0.1) is 17.2 Å². The zero-order valence-corrected chi connectivity index (χ0v) is 17.2. The third-order valence-corrected chi connectivity index (χ3v) is 4.85. The van der Waals surface area contributed by atoms with Crippen LogP contribution in [0.4, 0.5) is 0 Å². The molecule has 1 aliphatic heterocycles. The predicted molar refractivity (Wildman–Crippen MR) is 99.1 cm³/mol. The summed E-state index contributed by atoms with van der Waals surface area (Å²) < 4.78 is 23.0. The number of hydrogen-bond acceptors (Lipinski definition) is 6. The maximum atomic E-state index is 12.1. The lowest BCUT2D eigenvalue weighted by Crippen LogP contribution is -2.48. The van der Waals surface area contributed by atoms with Crippen LogP contribution in [0.5, 0.6) is 0 Å². The predicted octanol–water partition coefficient (Wildman–Crippen LogP) is 2.31. The van der Waals surface area contributed by atoms with Gasteiger partial charge in [-0.1, -0.05) is 0 Å². The molecular formula is C18H32NO5S+. The molecule has 6 nitrogen and oxygen atoms in total. The van der Waals surface area contributed by atoms with Gasteiger partial charge in [0, 0.05) is 5.92 Å². The van der Waals surface area contributed by atoms with Crippen LogP contribution in [-0.4, -0.2) is 53.6 Å². The van der Waals surface area contributed by atoms with E-state index in [1.807, 2.05) is 20.8 Å². The molecule has 1 aliphatic carbocycles. The molecule has 1 N–H and O–H groups in total. The third kappa shape index (κ3) is 5.42. The smallest absolute Gasteiger partial charge is 0.312 e. The Hall–Kier alpha value is -0.630. The van der Waals surface area contributed by atoms with E-state index >= 15 is 0 Å². The number of nitrogens with one attached hydrogen (secondary N) is 1. The van der Waals surface area contributed by atoms with Crippen molar-refractivity contribution in [1.82, 2.24) is 0 Å². The Morgan fingerprint density at radius 2 is 1.88 bits per heavy atom. The highest BCUT2D eigenvalue weighted by atomic mass is 32.2. The van der Waals surface area contributed by atoms with Gasteiger partial charge in [0.15, 0.2) is 6.10 Å². The van der Waals surface area contributed by atoms with Crippen LogP contribution in [0.2, 0.25) is 0 Å². The summed E-state index contributed by atoms with van der Waals surface area (Å²) in [5.41, 5.74) is 0.118. The Morgan fingerprint density at radius 3 is 2.40 bits per heavy atom. The number of hydrogen-bond donors (Lipinski definition) is 1. The lowest BCUT2D eigenvalue weighted by molar-refractivity contribution is -0.147. The summed E-state index contributed by atoms with van der Waals surface area (Å²) >= 11 is 0.783. The quantitative estimate of drug-likeness (QED) is 0.438. The van der Waals surface area contributed by atoms with Crippen molar-refractivity contribution < 1.29 is 23.2 Å². The molecule has 2 fully saturated rings. The van der Waals surface area contributed by atoms with Crippen molar-refractivity contribution in [2.45, 2.75) is 77.1 Å². The standard InChI is InChI=1S/C18H31NO5S/c1-8-21-16(20)12-11-13(19)14(24-25-18(5,6)7)10(23-15(11)12)9-22-17(2,3)4/h10-12,14-15,19H,8-9H2,1-7H3/p+1/t10-,11?,12?,14-,15+/m1/s1. The summed E-state index contributed by atoms with van der Waals surface area (Å²) in [4.78, 5) is 12.1. The zero-order chi connectivity index (χ0) is 19.0. The van der Waals surface area contributed by atoms with Gasteiger partial charge in [0.25, 0.3) is 0 Å². The van der Waals surface area contributed by atoms with Gasteiger partial charge in [0.1, 0.15) is 22.9 Å². The number of thiol groups is 1. The van der Waals surface area contributed by atoms with E-state index < -0.39 is 6.10 Å². The first-order valence-electron chi connectivity index (χ1n) is 8.87. The summed E-state index contributed by atoms with van der Waals surface area (Å²) in [5, 5.41) is 8.55. The fourth-order valence-corrected chi connectivity index (χ4v) is 3.48. The Labute approximate surface area is 155 Å². The molecule has 0 aromatic carbocycles. The maximum absolute atomic E-state index is 12.1. The van der Waals surface area contributed by atoms with Gasteiger partial charge < -0.3 is 19.6 Å². The molecule has 0 aromatic heterocycles. The Kier molecular flexibility index (Phi) is 6.24. The fourth-order valence-electron chi connectivity index (χ4n) is 2.80. The number of esters is 1. The highest BCUT2D eigenvalue weighted by Gasteiger charge is 2.66. The molecule has 2 aliphatic rings. The van der Waals surface area contributed by atoms with E-state index in [0.717, 1.165) is 12.0 Å². The van der Waals surface area contributed by atoms with Crippen LogP contribution < -0.4 is 0 Å². The van der Waals surface area contributed by atoms with Crippen molar-refractivity contribution in [3.05, 3.63) is 0 Å². The summed E-state index contributed by atoms with van der Waals surface area (Å²) in [6.07, 6.45) is -1.17. The minimum atomic E-state index is -0.496. The first-order chi connectivity index (χ1) is 11.4. The van der Waals surface area contributed by atoms with E-state index in [1.54, 1.807) is 6.92 Å². The van der Waals surface area contributed by atoms with Crippen molar-refractivity contribution in [3.63, 3.8) is 0 Å². The number of carbonyl (C=O) groups is 1. The van der Waals surface area contributed by atoms with E-state index in [0.29, 0.717) is 18.9 Å². The lowest BCUT2D eigenvalue weighted by atomic mass is 10.0. The van der Waals surface area contributed by atoms with Gasteiger partial charge in [0.2, 0.25) is 0 Å². The van der Waals surface area contributed by atoms with Crippen LogP contribution in [0.25, 0.3) is 0 Å². The van der Waals surface area contributed by atoms with Crippen molar-refractivity contribution in [1.29, 1.82) is 5.41 Å². The fraction of sp³-hybridized carbons (Fsp3) is 0.889. The van der Waals surface area contributed by atoms with E-state index in [4.69, 9.17) is 23.8 Å². The van der Waals surface area contributed by atoms with Crippen LogP contribution in [-0.2, 0) is 35.2 Å². The Balaban J connectivity index is 2.09. The van der Waals surface area contributed by atoms with Gasteiger partial charge in [-0.25, -0.2) is 0 Å². The molecule has 1 saturated heterocycles. The molecular weight excluding hydrogens is 342 g/mol. The second kappa shape index (κ2) is 7.55. The van der Waals surface area contributed by atoms with Crippen molar-refractivity contribution in [2.75, 3.05) is 13.2 Å². The van der Waals surface area contributed by atoms with Gasteiger partial charge >= 0.3 is 5.97 Å². The Morgan fingerprint density at radius 1 is 1.24 bits per heavy atom. The Bertz CT molecular complexity index is 511. The number of fused-ring (bicyclic) bond motifs is 1. The molecule has 0 amide bonds. The molecule has 1 heterocycles. The van der Waals surface area contributed by atoms with Gasteiger partial charge in [-0.3, -0.25) is 4.79 Å². The van der Waals surface area contributed by atoms with E-state index in [-0.39, 0.29) is 40.4 Å². The van der Waals surface area contributed by atoms with Crippen LogP contribution in [0.15, 0.2) is 0 Å². The minimum Gasteiger partial charge on any atom is -0.466 e. The molecule has 7 heteroatoms. The van der Waals surface area contributed by atoms with Gasteiger partial charge in [-0.05, 0) is 48.5 Å². The zero-order valence-electron chi connectivity index (χ0n) is 16.3. The monoisotopic (exact) mass is 374 g/mol. The van der Waals surface area contributed by atoms with Crippen molar-refractivity contribution in [3.8, 4) is 0 Å². The first kappa shape index (κ1) is 20.7. The van der Waals surface area contributed by atoms with Crippen molar-refractivity contribution in [2.24, 2.45) is 11.8 Å². The second-order valence-corrected chi connectivity index (χ2v) is 10.3.